The van der Waals surface area contributed by atoms with Crippen LogP contribution in [-0.4, -0.2) is 30.6 Å². The Hall–Kier alpha value is -1.55. The molecule has 104 valence electrons. The van der Waals surface area contributed by atoms with E-state index in [1.807, 2.05) is 6.92 Å². The van der Waals surface area contributed by atoms with E-state index in [-0.39, 0.29) is 11.7 Å². The van der Waals surface area contributed by atoms with Crippen LogP contribution in [0.3, 0.4) is 0 Å². The number of amides is 1. The predicted octanol–water partition coefficient (Wildman–Crippen LogP) is 1.82. The maximum absolute atomic E-state index is 12.0. The van der Waals surface area contributed by atoms with Crippen LogP contribution in [0, 0.1) is 12.8 Å². The summed E-state index contributed by atoms with van der Waals surface area (Å²) in [4.78, 5) is 12.0. The number of nitrogens with one attached hydrogen (secondary N) is 2. The number of hydrogen-bond donors (Lipinski definition) is 3. The first-order valence-electron chi connectivity index (χ1n) is 6.95. The predicted molar refractivity (Wildman–Crippen MR) is 75.4 cm³/mol. The largest absolute Gasteiger partial charge is 0.508 e. The van der Waals surface area contributed by atoms with Gasteiger partial charge in [-0.25, -0.2) is 0 Å². The van der Waals surface area contributed by atoms with Gasteiger partial charge in [-0.05, 0) is 69.0 Å². The van der Waals surface area contributed by atoms with Crippen molar-refractivity contribution in [1.82, 2.24) is 10.6 Å². The van der Waals surface area contributed by atoms with Crippen molar-refractivity contribution in [2.75, 3.05) is 19.6 Å². The third kappa shape index (κ3) is 3.96. The van der Waals surface area contributed by atoms with Crippen LogP contribution in [0.1, 0.15) is 35.2 Å². The zero-order valence-electron chi connectivity index (χ0n) is 11.4. The molecule has 1 aliphatic rings. The molecule has 2 rings (SSSR count). The van der Waals surface area contributed by atoms with Crippen molar-refractivity contribution in [2.24, 2.45) is 5.92 Å². The number of carbonyl (C=O) groups is 1. The van der Waals surface area contributed by atoms with Crippen LogP contribution in [0.25, 0.3) is 0 Å². The van der Waals surface area contributed by atoms with Gasteiger partial charge >= 0.3 is 0 Å². The van der Waals surface area contributed by atoms with Crippen molar-refractivity contribution in [2.45, 2.75) is 26.2 Å². The molecule has 1 heterocycles. The van der Waals surface area contributed by atoms with E-state index in [1.165, 1.54) is 12.8 Å². The van der Waals surface area contributed by atoms with Gasteiger partial charge in [0.15, 0.2) is 0 Å². The molecule has 1 unspecified atom stereocenters. The number of aromatic hydroxyl groups is 1. The zero-order valence-corrected chi connectivity index (χ0v) is 11.4. The molecule has 1 amide bonds. The fourth-order valence-corrected chi connectivity index (χ4v) is 2.56. The summed E-state index contributed by atoms with van der Waals surface area (Å²) in [7, 11) is 0. The Balaban J connectivity index is 1.80. The molecular weight excluding hydrogens is 240 g/mol. The standard InChI is InChI=1S/C15H22N2O2/c1-11-9-13(18)4-5-14(11)15(19)17-8-6-12-3-2-7-16-10-12/h4-5,9,12,16,18H,2-3,6-8,10H2,1H3,(H,17,19). The second kappa shape index (κ2) is 6.57. The molecule has 0 spiro atoms. The van der Waals surface area contributed by atoms with E-state index in [0.717, 1.165) is 25.1 Å². The van der Waals surface area contributed by atoms with Gasteiger partial charge in [0, 0.05) is 12.1 Å². The summed E-state index contributed by atoms with van der Waals surface area (Å²) < 4.78 is 0. The molecule has 4 nitrogen and oxygen atoms in total. The number of rotatable bonds is 4. The van der Waals surface area contributed by atoms with Crippen molar-refractivity contribution in [3.05, 3.63) is 29.3 Å². The van der Waals surface area contributed by atoms with Crippen molar-refractivity contribution in [3.63, 3.8) is 0 Å². The molecule has 1 fully saturated rings. The van der Waals surface area contributed by atoms with Gasteiger partial charge in [-0.1, -0.05) is 0 Å². The van der Waals surface area contributed by atoms with Crippen LogP contribution in [0.15, 0.2) is 18.2 Å². The summed E-state index contributed by atoms with van der Waals surface area (Å²) in [5.74, 6) is 0.818. The van der Waals surface area contributed by atoms with E-state index in [0.29, 0.717) is 18.0 Å². The lowest BCUT2D eigenvalue weighted by Crippen LogP contribution is -2.33. The van der Waals surface area contributed by atoms with Crippen LogP contribution in [0.4, 0.5) is 0 Å². The lowest BCUT2D eigenvalue weighted by atomic mass is 9.96. The SMILES string of the molecule is Cc1cc(O)ccc1C(=O)NCCC1CCCNC1. The maximum atomic E-state index is 12.0. The third-order valence-electron chi connectivity index (χ3n) is 3.69. The number of benzene rings is 1. The molecule has 19 heavy (non-hydrogen) atoms. The molecule has 0 saturated carbocycles. The van der Waals surface area contributed by atoms with Gasteiger partial charge in [0.1, 0.15) is 5.75 Å². The van der Waals surface area contributed by atoms with Gasteiger partial charge in [-0.15, -0.1) is 0 Å². The molecular formula is C15H22N2O2. The van der Waals surface area contributed by atoms with Gasteiger partial charge in [-0.3, -0.25) is 4.79 Å². The average Bonchev–Trinajstić information content (AvgIpc) is 2.39. The molecule has 0 aromatic heterocycles. The minimum Gasteiger partial charge on any atom is -0.508 e. The summed E-state index contributed by atoms with van der Waals surface area (Å²) in [5.41, 5.74) is 1.44. The van der Waals surface area contributed by atoms with Crippen molar-refractivity contribution >= 4 is 5.91 Å². The summed E-state index contributed by atoms with van der Waals surface area (Å²) in [5, 5.41) is 15.7. The highest BCUT2D eigenvalue weighted by Crippen LogP contribution is 2.16. The van der Waals surface area contributed by atoms with Crippen LogP contribution in [0.2, 0.25) is 0 Å². The summed E-state index contributed by atoms with van der Waals surface area (Å²) in [6.07, 6.45) is 3.51. The van der Waals surface area contributed by atoms with Crippen molar-refractivity contribution in [3.8, 4) is 5.75 Å². The minimum atomic E-state index is -0.0544. The smallest absolute Gasteiger partial charge is 0.251 e. The number of hydrogen-bond acceptors (Lipinski definition) is 3. The van der Waals surface area contributed by atoms with Crippen LogP contribution < -0.4 is 10.6 Å². The number of piperidine rings is 1. The average molecular weight is 262 g/mol. The molecule has 0 aliphatic carbocycles. The molecule has 3 N–H and O–H groups in total. The highest BCUT2D eigenvalue weighted by atomic mass is 16.3. The first kappa shape index (κ1) is 13.9. The fraction of sp³-hybridized carbons (Fsp3) is 0.533. The number of phenols is 1. The normalized spacial score (nSPS) is 19.1. The minimum absolute atomic E-state index is 0.0544. The Morgan fingerprint density at radius 1 is 1.53 bits per heavy atom. The highest BCUT2D eigenvalue weighted by molar-refractivity contribution is 5.95. The monoisotopic (exact) mass is 262 g/mol. The first-order chi connectivity index (χ1) is 9.16. The molecule has 1 aliphatic heterocycles. The van der Waals surface area contributed by atoms with E-state index < -0.39 is 0 Å². The molecule has 1 aromatic rings. The fourth-order valence-electron chi connectivity index (χ4n) is 2.56. The van der Waals surface area contributed by atoms with Crippen molar-refractivity contribution < 1.29 is 9.90 Å². The quantitative estimate of drug-likeness (QED) is 0.775. The Morgan fingerprint density at radius 3 is 3.05 bits per heavy atom. The van der Waals surface area contributed by atoms with Gasteiger partial charge < -0.3 is 15.7 Å². The van der Waals surface area contributed by atoms with Crippen LogP contribution >= 0.6 is 0 Å². The maximum Gasteiger partial charge on any atom is 0.251 e. The van der Waals surface area contributed by atoms with Crippen LogP contribution in [0.5, 0.6) is 5.75 Å². The summed E-state index contributed by atoms with van der Waals surface area (Å²) in [6.45, 7) is 4.73. The molecule has 1 saturated heterocycles. The Labute approximate surface area is 114 Å². The van der Waals surface area contributed by atoms with Gasteiger partial charge in [-0.2, -0.15) is 0 Å². The third-order valence-corrected chi connectivity index (χ3v) is 3.69. The highest BCUT2D eigenvalue weighted by Gasteiger charge is 2.14. The van der Waals surface area contributed by atoms with E-state index in [2.05, 4.69) is 10.6 Å². The van der Waals surface area contributed by atoms with Gasteiger partial charge in [0.25, 0.3) is 5.91 Å². The van der Waals surface area contributed by atoms with E-state index >= 15 is 0 Å². The molecule has 1 atom stereocenters. The van der Waals surface area contributed by atoms with Crippen molar-refractivity contribution in [1.29, 1.82) is 0 Å². The van der Waals surface area contributed by atoms with Gasteiger partial charge in [0.2, 0.25) is 0 Å². The van der Waals surface area contributed by atoms with Gasteiger partial charge in [0.05, 0.1) is 0 Å². The number of carbonyl (C=O) groups excluding carboxylic acids is 1. The second-order valence-corrected chi connectivity index (χ2v) is 5.26. The molecule has 0 bridgehead atoms. The van der Waals surface area contributed by atoms with E-state index in [9.17, 15) is 9.90 Å². The molecule has 1 aromatic carbocycles. The lowest BCUT2D eigenvalue weighted by molar-refractivity contribution is 0.0950. The Bertz CT molecular complexity index is 440. The van der Waals surface area contributed by atoms with E-state index in [4.69, 9.17) is 0 Å². The second-order valence-electron chi connectivity index (χ2n) is 5.26. The summed E-state index contributed by atoms with van der Waals surface area (Å²) >= 11 is 0. The zero-order chi connectivity index (χ0) is 13.7. The summed E-state index contributed by atoms with van der Waals surface area (Å²) in [6, 6.07) is 4.83. The number of phenolic OH excluding ortho intramolecular Hbond substituents is 1. The first-order valence-corrected chi connectivity index (χ1v) is 6.95. The van der Waals surface area contributed by atoms with E-state index in [1.54, 1.807) is 18.2 Å². The Morgan fingerprint density at radius 2 is 2.37 bits per heavy atom. The lowest BCUT2D eigenvalue weighted by Gasteiger charge is -2.22. The molecule has 0 radical (unpaired) electrons. The Kier molecular flexibility index (Phi) is 4.80. The number of aryl methyl sites for hydroxylation is 1. The van der Waals surface area contributed by atoms with Crippen LogP contribution in [-0.2, 0) is 0 Å². The topological polar surface area (TPSA) is 61.4 Å². The molecule has 4 heteroatoms.